The Kier molecular flexibility index (Phi) is 10.5. The average Bonchev–Trinajstić information content (AvgIpc) is 3.65. The van der Waals surface area contributed by atoms with E-state index in [0.29, 0.717) is 6.54 Å². The summed E-state index contributed by atoms with van der Waals surface area (Å²) >= 11 is 0. The van der Waals surface area contributed by atoms with Gasteiger partial charge >= 0.3 is 0 Å². The number of non-ortho nitro benzene ring substituents is 2. The molecule has 11 heteroatoms. The Morgan fingerprint density at radius 1 is 0.750 bits per heavy atom. The maximum atomic E-state index is 10.9. The van der Waals surface area contributed by atoms with Crippen LogP contribution in [0.1, 0.15) is 38.9 Å². The molecule has 4 aromatic carbocycles. The van der Waals surface area contributed by atoms with E-state index in [1.165, 1.54) is 17.2 Å². The first kappa shape index (κ1) is 31.9. The first-order valence-electron chi connectivity index (χ1n) is 14.1. The third-order valence-corrected chi connectivity index (χ3v) is 7.64. The third-order valence-electron chi connectivity index (χ3n) is 7.64. The van der Waals surface area contributed by atoms with Crippen molar-refractivity contribution in [1.82, 2.24) is 10.2 Å². The van der Waals surface area contributed by atoms with Crippen LogP contribution in [0.4, 0.5) is 17.1 Å². The molecule has 2 aliphatic heterocycles. The fourth-order valence-corrected chi connectivity index (χ4v) is 5.05. The summed E-state index contributed by atoms with van der Waals surface area (Å²) in [4.78, 5) is 22.7. The lowest BCUT2D eigenvalue weighted by Crippen LogP contribution is -2.16. The first-order valence-corrected chi connectivity index (χ1v) is 14.1. The van der Waals surface area contributed by atoms with E-state index in [0.717, 1.165) is 71.2 Å². The van der Waals surface area contributed by atoms with Gasteiger partial charge in [0.2, 0.25) is 0 Å². The number of methoxy groups -OCH3 is 2. The normalized spacial score (nSPS) is 13.0. The number of nitrogen functional groups attached to an aromatic ring is 1. The molecular formula is C33H37N5O6. The topological polar surface area (TPSA) is 146 Å². The van der Waals surface area contributed by atoms with Crippen molar-refractivity contribution < 1.29 is 19.3 Å². The molecule has 0 atom stereocenters. The van der Waals surface area contributed by atoms with Crippen LogP contribution in [-0.2, 0) is 32.7 Å². The minimum Gasteiger partial charge on any atom is -0.497 e. The second kappa shape index (κ2) is 14.5. The summed E-state index contributed by atoms with van der Waals surface area (Å²) in [6.45, 7) is 7.96. The number of nitro benzene ring substituents is 2. The Hall–Kier alpha value is -5.00. The molecule has 0 saturated heterocycles. The van der Waals surface area contributed by atoms with Crippen LogP contribution in [0.15, 0.2) is 72.8 Å². The van der Waals surface area contributed by atoms with E-state index in [-0.39, 0.29) is 21.2 Å². The van der Waals surface area contributed by atoms with E-state index >= 15 is 0 Å². The van der Waals surface area contributed by atoms with Gasteiger partial charge in [0.05, 0.1) is 24.1 Å². The summed E-state index contributed by atoms with van der Waals surface area (Å²) < 4.78 is 10.6. The molecule has 4 aromatic rings. The van der Waals surface area contributed by atoms with Crippen molar-refractivity contribution in [2.24, 2.45) is 0 Å². The SMILES string of the molecule is COc1ccc(CN2Cc3ccc([N+](=O)[O-])cc3C2)c(OC)c1.Cc1ccc([N+](=O)[O-])cc1C.Nc1ccc2c(c1)CNC2. The highest BCUT2D eigenvalue weighted by atomic mass is 16.6. The van der Waals surface area contributed by atoms with Crippen LogP contribution >= 0.6 is 0 Å². The van der Waals surface area contributed by atoms with Crippen molar-refractivity contribution in [1.29, 1.82) is 0 Å². The average molecular weight is 600 g/mol. The number of benzene rings is 4. The van der Waals surface area contributed by atoms with Gasteiger partial charge in [0.1, 0.15) is 11.5 Å². The number of nitrogens with one attached hydrogen (secondary N) is 1. The van der Waals surface area contributed by atoms with Crippen molar-refractivity contribution in [3.8, 4) is 11.5 Å². The summed E-state index contributed by atoms with van der Waals surface area (Å²) in [5, 5.41) is 24.4. The van der Waals surface area contributed by atoms with E-state index in [4.69, 9.17) is 15.2 Å². The Balaban J connectivity index is 0.000000174. The van der Waals surface area contributed by atoms with Crippen LogP contribution < -0.4 is 20.5 Å². The zero-order chi connectivity index (χ0) is 31.8. The summed E-state index contributed by atoms with van der Waals surface area (Å²) in [5.74, 6) is 1.54. The molecule has 2 aliphatic rings. The number of nitrogens with zero attached hydrogens (tertiary/aromatic N) is 3. The molecular weight excluding hydrogens is 562 g/mol. The molecule has 0 amide bonds. The van der Waals surface area contributed by atoms with Gasteiger partial charge in [-0.1, -0.05) is 24.3 Å². The molecule has 11 nitrogen and oxygen atoms in total. The van der Waals surface area contributed by atoms with Crippen LogP contribution in [-0.4, -0.2) is 29.0 Å². The molecule has 0 unspecified atom stereocenters. The lowest BCUT2D eigenvalue weighted by Gasteiger charge is -2.17. The number of aryl methyl sites for hydroxylation is 2. The Morgan fingerprint density at radius 2 is 1.41 bits per heavy atom. The van der Waals surface area contributed by atoms with Crippen molar-refractivity contribution >= 4 is 17.1 Å². The lowest BCUT2D eigenvalue weighted by molar-refractivity contribution is -0.385. The molecule has 0 radical (unpaired) electrons. The Labute approximate surface area is 256 Å². The smallest absolute Gasteiger partial charge is 0.269 e. The lowest BCUT2D eigenvalue weighted by atomic mass is 10.1. The van der Waals surface area contributed by atoms with Crippen LogP contribution in [0, 0.1) is 34.1 Å². The van der Waals surface area contributed by atoms with E-state index in [1.807, 2.05) is 50.2 Å². The fraction of sp³-hybridized carbons (Fsp3) is 0.273. The van der Waals surface area contributed by atoms with E-state index < -0.39 is 0 Å². The van der Waals surface area contributed by atoms with Crippen molar-refractivity contribution in [2.75, 3.05) is 20.0 Å². The van der Waals surface area contributed by atoms with E-state index in [9.17, 15) is 20.2 Å². The zero-order valence-electron chi connectivity index (χ0n) is 25.3. The second-order valence-electron chi connectivity index (χ2n) is 10.7. The monoisotopic (exact) mass is 599 g/mol. The van der Waals surface area contributed by atoms with Gasteiger partial charge in [-0.3, -0.25) is 25.1 Å². The summed E-state index contributed by atoms with van der Waals surface area (Å²) in [7, 11) is 3.26. The van der Waals surface area contributed by atoms with Crippen LogP contribution in [0.5, 0.6) is 11.5 Å². The molecule has 0 spiro atoms. The molecule has 6 rings (SSSR count). The Morgan fingerprint density at radius 3 is 2.09 bits per heavy atom. The van der Waals surface area contributed by atoms with E-state index in [1.54, 1.807) is 38.5 Å². The predicted octanol–water partition coefficient (Wildman–Crippen LogP) is 6.21. The molecule has 44 heavy (non-hydrogen) atoms. The van der Waals surface area contributed by atoms with Gasteiger partial charge in [-0.25, -0.2) is 0 Å². The largest absolute Gasteiger partial charge is 0.497 e. The summed E-state index contributed by atoms with van der Waals surface area (Å²) in [5.41, 5.74) is 14.8. The van der Waals surface area contributed by atoms with Gasteiger partial charge in [-0.2, -0.15) is 0 Å². The third kappa shape index (κ3) is 8.09. The quantitative estimate of drug-likeness (QED) is 0.150. The number of rotatable bonds is 6. The highest BCUT2D eigenvalue weighted by Gasteiger charge is 2.22. The molecule has 0 saturated carbocycles. The highest BCUT2D eigenvalue weighted by molar-refractivity contribution is 5.46. The van der Waals surface area contributed by atoms with Gasteiger partial charge in [-0.15, -0.1) is 0 Å². The number of hydrogen-bond acceptors (Lipinski definition) is 9. The number of fused-ring (bicyclic) bond motifs is 2. The number of hydrogen-bond donors (Lipinski definition) is 2. The number of nitro groups is 2. The number of nitrogens with two attached hydrogens (primary N) is 1. The van der Waals surface area contributed by atoms with Crippen molar-refractivity contribution in [3.05, 3.63) is 132 Å². The van der Waals surface area contributed by atoms with Gasteiger partial charge in [0, 0.05) is 74.3 Å². The number of ether oxygens (including phenoxy) is 2. The van der Waals surface area contributed by atoms with Crippen LogP contribution in [0.2, 0.25) is 0 Å². The standard InChI is InChI=1S/C17H18N2O4.C8H10N2.C8H9NO2/c1-22-16-6-4-13(17(8-16)23-2)10-18-9-12-3-5-15(19(20)21)7-14(12)11-18;9-8-2-1-6-4-10-5-7(6)3-8;1-6-3-4-8(9(10)11)5-7(6)2/h3-8H,9-11H2,1-2H3;1-3,10H,4-5,9H2;3-5H,1-2H3. The minimum atomic E-state index is -0.382. The molecule has 0 fully saturated rings. The maximum absolute atomic E-state index is 10.9. The molecule has 3 N–H and O–H groups in total. The predicted molar refractivity (Wildman–Crippen MR) is 170 cm³/mol. The van der Waals surface area contributed by atoms with Gasteiger partial charge in [-0.05, 0) is 65.4 Å². The van der Waals surface area contributed by atoms with Crippen molar-refractivity contribution in [3.63, 3.8) is 0 Å². The van der Waals surface area contributed by atoms with Gasteiger partial charge < -0.3 is 20.5 Å². The van der Waals surface area contributed by atoms with Crippen LogP contribution in [0.25, 0.3) is 0 Å². The summed E-state index contributed by atoms with van der Waals surface area (Å²) in [6.07, 6.45) is 0. The first-order chi connectivity index (χ1) is 21.1. The summed E-state index contributed by atoms with van der Waals surface area (Å²) in [6, 6.07) is 21.8. The van der Waals surface area contributed by atoms with Crippen LogP contribution in [0.3, 0.4) is 0 Å². The molecule has 0 aliphatic carbocycles. The number of anilines is 1. The second-order valence-corrected chi connectivity index (χ2v) is 10.7. The molecule has 2 heterocycles. The molecule has 230 valence electrons. The minimum absolute atomic E-state index is 0.146. The van der Waals surface area contributed by atoms with E-state index in [2.05, 4.69) is 16.3 Å². The van der Waals surface area contributed by atoms with Gasteiger partial charge in [0.15, 0.2) is 0 Å². The zero-order valence-corrected chi connectivity index (χ0v) is 25.3. The Bertz CT molecular complexity index is 1660. The molecule has 0 bridgehead atoms. The maximum Gasteiger partial charge on any atom is 0.269 e. The molecule has 0 aromatic heterocycles. The van der Waals surface area contributed by atoms with Crippen molar-refractivity contribution in [2.45, 2.75) is 46.6 Å². The fourth-order valence-electron chi connectivity index (χ4n) is 5.05. The highest BCUT2D eigenvalue weighted by Crippen LogP contribution is 2.31. The van der Waals surface area contributed by atoms with Gasteiger partial charge in [0.25, 0.3) is 11.4 Å².